The van der Waals surface area contributed by atoms with Crippen molar-refractivity contribution in [3.05, 3.63) is 0 Å². The number of halogens is 2. The third kappa shape index (κ3) is 2.71. The van der Waals surface area contributed by atoms with Crippen LogP contribution in [0, 0.1) is 0 Å². The first-order chi connectivity index (χ1) is 6.91. The van der Waals surface area contributed by atoms with Crippen molar-refractivity contribution in [3.8, 4) is 0 Å². The van der Waals surface area contributed by atoms with E-state index in [1.807, 2.05) is 0 Å². The maximum atomic E-state index is 13.9. The van der Waals surface area contributed by atoms with Gasteiger partial charge in [-0.15, -0.1) is 0 Å². The van der Waals surface area contributed by atoms with Gasteiger partial charge in [-0.1, -0.05) is 0 Å². The topological polar surface area (TPSA) is 26.3 Å². The van der Waals surface area contributed by atoms with E-state index in [0.29, 0.717) is 15.8 Å². The fourth-order valence-corrected chi connectivity index (χ4v) is 8.86. The molecule has 15 heavy (non-hydrogen) atoms. The molecule has 0 bridgehead atoms. The predicted octanol–water partition coefficient (Wildman–Crippen LogP) is 3.23. The summed E-state index contributed by atoms with van der Waals surface area (Å²) in [4.78, 5) is 11.3. The van der Waals surface area contributed by atoms with Crippen LogP contribution in [-0.2, 0) is 9.53 Å². The summed E-state index contributed by atoms with van der Waals surface area (Å²) < 4.78 is 29.1. The fraction of sp³-hybridized carbons (Fsp3) is 0.900. The first-order valence-electron chi connectivity index (χ1n) is 5.46. The second kappa shape index (κ2) is 5.82. The van der Waals surface area contributed by atoms with E-state index in [1.165, 1.54) is 0 Å². The molecule has 90 valence electrons. The van der Waals surface area contributed by atoms with Crippen molar-refractivity contribution in [1.82, 2.24) is 0 Å². The Morgan fingerprint density at radius 3 is 1.80 bits per heavy atom. The molecule has 0 saturated carbocycles. The van der Waals surface area contributed by atoms with Crippen LogP contribution in [0.5, 0.6) is 0 Å². The molecule has 0 fully saturated rings. The van der Waals surface area contributed by atoms with Crippen LogP contribution in [0.25, 0.3) is 0 Å². The molecule has 0 spiro atoms. The van der Waals surface area contributed by atoms with Gasteiger partial charge >= 0.3 is 92.4 Å². The van der Waals surface area contributed by atoms with Gasteiger partial charge in [0.05, 0.1) is 0 Å². The Morgan fingerprint density at radius 1 is 1.13 bits per heavy atom. The minimum atomic E-state index is -3.41. The number of hydrogen-bond acceptors (Lipinski definition) is 2. The number of rotatable bonds is 6. The van der Waals surface area contributed by atoms with Crippen molar-refractivity contribution in [3.63, 3.8) is 0 Å². The van der Waals surface area contributed by atoms with Crippen LogP contribution in [-0.4, -0.2) is 30.6 Å². The minimum absolute atomic E-state index is 0.0177. The molecule has 0 aliphatic carbocycles. The summed E-state index contributed by atoms with van der Waals surface area (Å²) >= 11 is -3.41. The Balaban J connectivity index is 5.01. The predicted molar refractivity (Wildman–Crippen MR) is 58.8 cm³/mol. The number of esters is 1. The van der Waals surface area contributed by atoms with E-state index in [0.717, 1.165) is 0 Å². The summed E-state index contributed by atoms with van der Waals surface area (Å²) in [5, 5.41) is 1.37. The third-order valence-corrected chi connectivity index (χ3v) is 15.0. The molecule has 0 aliphatic rings. The number of hydrogen-bond donors (Lipinski definition) is 0. The van der Waals surface area contributed by atoms with Gasteiger partial charge in [-0.3, -0.25) is 0 Å². The zero-order valence-corrected chi connectivity index (χ0v) is 12.0. The maximum absolute atomic E-state index is 13.9. The van der Waals surface area contributed by atoms with Crippen molar-refractivity contribution >= 4 is 19.2 Å². The molecule has 0 radical (unpaired) electrons. The first kappa shape index (κ1) is 14.9. The normalized spacial score (nSPS) is 12.7. The Labute approximate surface area is 92.7 Å². The van der Waals surface area contributed by atoms with E-state index >= 15 is 0 Å². The molecule has 0 unspecified atom stereocenters. The summed E-state index contributed by atoms with van der Waals surface area (Å²) in [5.74, 6) is -1.31. The van der Waals surface area contributed by atoms with E-state index in [2.05, 4.69) is 4.74 Å². The molecule has 0 aliphatic heterocycles. The number of alkyl halides is 2. The summed E-state index contributed by atoms with van der Waals surface area (Å²) in [5.41, 5.74) is 0. The van der Waals surface area contributed by atoms with Crippen LogP contribution >= 0.6 is 0 Å². The molecule has 0 amide bonds. The summed E-state index contributed by atoms with van der Waals surface area (Å²) in [6, 6.07) is 0. The van der Waals surface area contributed by atoms with Crippen LogP contribution in [0.1, 0.15) is 27.7 Å². The van der Waals surface area contributed by atoms with Crippen molar-refractivity contribution < 1.29 is 18.3 Å². The van der Waals surface area contributed by atoms with Crippen LogP contribution in [0.3, 0.4) is 0 Å². The van der Waals surface area contributed by atoms with Gasteiger partial charge < -0.3 is 0 Å². The number of carbonyl (C=O) groups excluding carboxylic acids is 1. The molecule has 0 aromatic heterocycles. The molecule has 5 heteroatoms. The standard InChI is InChI=1S/C10H20F2GeO2/c1-5-13(6-2,7-3)10(11,12)9(14)15-8-4/h5-8H2,1-4H3. The average Bonchev–Trinajstić information content (AvgIpc) is 2.21. The van der Waals surface area contributed by atoms with Gasteiger partial charge in [0, 0.05) is 0 Å². The molecular weight excluding hydrogens is 263 g/mol. The van der Waals surface area contributed by atoms with Crippen LogP contribution in [0.4, 0.5) is 8.78 Å². The molecule has 2 nitrogen and oxygen atoms in total. The third-order valence-electron chi connectivity index (χ3n) is 3.23. The zero-order valence-electron chi connectivity index (χ0n) is 9.90. The Bertz CT molecular complexity index is 207. The molecular formula is C10H20F2GeO2. The van der Waals surface area contributed by atoms with Gasteiger partial charge in [-0.05, 0) is 0 Å². The van der Waals surface area contributed by atoms with E-state index < -0.39 is 24.0 Å². The van der Waals surface area contributed by atoms with Crippen LogP contribution < -0.4 is 0 Å². The number of ether oxygens (including phenoxy) is 1. The van der Waals surface area contributed by atoms with Gasteiger partial charge in [0.25, 0.3) is 0 Å². The van der Waals surface area contributed by atoms with Gasteiger partial charge in [0.15, 0.2) is 0 Å². The summed E-state index contributed by atoms with van der Waals surface area (Å²) in [6.07, 6.45) is 0. The number of carbonyl (C=O) groups is 1. The van der Waals surface area contributed by atoms with E-state index in [4.69, 9.17) is 0 Å². The molecule has 0 aromatic rings. The Kier molecular flexibility index (Phi) is 5.77. The quantitative estimate of drug-likeness (QED) is 0.552. The van der Waals surface area contributed by atoms with Gasteiger partial charge in [-0.2, -0.15) is 0 Å². The van der Waals surface area contributed by atoms with Crippen molar-refractivity contribution in [2.75, 3.05) is 6.61 Å². The molecule has 0 rings (SSSR count). The van der Waals surface area contributed by atoms with E-state index in [9.17, 15) is 13.6 Å². The Morgan fingerprint density at radius 2 is 1.53 bits per heavy atom. The summed E-state index contributed by atoms with van der Waals surface area (Å²) in [6.45, 7) is 6.86. The Hall–Kier alpha value is -0.127. The average molecular weight is 283 g/mol. The molecule has 0 atom stereocenters. The second-order valence-corrected chi connectivity index (χ2v) is 14.8. The van der Waals surface area contributed by atoms with Crippen LogP contribution in [0.2, 0.25) is 15.8 Å². The molecule has 0 N–H and O–H groups in total. The van der Waals surface area contributed by atoms with Crippen molar-refractivity contribution in [1.29, 1.82) is 0 Å². The van der Waals surface area contributed by atoms with Gasteiger partial charge in [-0.25, -0.2) is 0 Å². The van der Waals surface area contributed by atoms with Crippen molar-refractivity contribution in [2.45, 2.75) is 48.2 Å². The fourth-order valence-electron chi connectivity index (χ4n) is 1.85. The first-order valence-corrected chi connectivity index (χ1v) is 11.0. The van der Waals surface area contributed by atoms with Gasteiger partial charge in [0.1, 0.15) is 0 Å². The molecule has 0 aromatic carbocycles. The SMILES string of the molecule is CCOC(=O)[C](F)(F)[Ge]([CH2]C)([CH2]C)[CH2]C. The summed E-state index contributed by atoms with van der Waals surface area (Å²) in [7, 11) is 0. The second-order valence-electron chi connectivity index (χ2n) is 3.64. The monoisotopic (exact) mass is 284 g/mol. The van der Waals surface area contributed by atoms with Crippen LogP contribution in [0.15, 0.2) is 0 Å². The zero-order chi connectivity index (χ0) is 12.1. The molecule has 0 saturated heterocycles. The van der Waals surface area contributed by atoms with Gasteiger partial charge in [0.2, 0.25) is 0 Å². The van der Waals surface area contributed by atoms with Crippen molar-refractivity contribution in [2.24, 2.45) is 0 Å². The van der Waals surface area contributed by atoms with E-state index in [1.54, 1.807) is 27.7 Å². The molecule has 0 heterocycles. The van der Waals surface area contributed by atoms with E-state index in [-0.39, 0.29) is 6.61 Å².